The summed E-state index contributed by atoms with van der Waals surface area (Å²) in [6, 6.07) is 18.9. The van der Waals surface area contributed by atoms with Crippen molar-refractivity contribution in [2.75, 3.05) is 11.9 Å². The van der Waals surface area contributed by atoms with Crippen LogP contribution in [-0.2, 0) is 11.0 Å². The number of carbonyl (C=O) groups excluding carboxylic acids is 1. The average Bonchev–Trinajstić information content (AvgIpc) is 3.28. The first-order valence-electron chi connectivity index (χ1n) is 11.2. The third kappa shape index (κ3) is 5.38. The number of para-hydroxylation sites is 1. The molecule has 0 saturated carbocycles. The summed E-state index contributed by atoms with van der Waals surface area (Å²) in [5.74, 6) is -0.831. The third-order valence-corrected chi connectivity index (χ3v) is 6.00. The van der Waals surface area contributed by atoms with Crippen molar-refractivity contribution < 1.29 is 22.9 Å². The summed E-state index contributed by atoms with van der Waals surface area (Å²) in [6.45, 7) is 1.89. The van der Waals surface area contributed by atoms with Crippen LogP contribution < -0.4 is 10.6 Å². The fourth-order valence-electron chi connectivity index (χ4n) is 4.09. The molecule has 10 heteroatoms. The number of carbonyl (C=O) groups is 1. The highest BCUT2D eigenvalue weighted by Crippen LogP contribution is 2.37. The molecular weight excluding hydrogens is 473 g/mol. The lowest BCUT2D eigenvalue weighted by molar-refractivity contribution is -0.385. The van der Waals surface area contributed by atoms with E-state index in [1.165, 1.54) is 0 Å². The highest BCUT2D eigenvalue weighted by atomic mass is 19.4. The zero-order chi connectivity index (χ0) is 25.9. The van der Waals surface area contributed by atoms with Crippen molar-refractivity contribution in [2.45, 2.75) is 25.1 Å². The molecule has 0 radical (unpaired) electrons. The van der Waals surface area contributed by atoms with E-state index in [1.54, 1.807) is 6.92 Å². The second-order valence-electron chi connectivity index (χ2n) is 8.36. The smallest absolute Gasteiger partial charge is 0.361 e. The van der Waals surface area contributed by atoms with E-state index >= 15 is 0 Å². The number of nitrogens with one attached hydrogen (secondary N) is 3. The first kappa shape index (κ1) is 24.9. The summed E-state index contributed by atoms with van der Waals surface area (Å²) in [7, 11) is 0. The van der Waals surface area contributed by atoms with Gasteiger partial charge < -0.3 is 15.6 Å². The number of aromatic nitrogens is 1. The molecule has 4 rings (SSSR count). The lowest BCUT2D eigenvalue weighted by Crippen LogP contribution is -2.40. The van der Waals surface area contributed by atoms with Crippen molar-refractivity contribution in [2.24, 2.45) is 0 Å². The van der Waals surface area contributed by atoms with Crippen LogP contribution in [0, 0.1) is 10.1 Å². The lowest BCUT2D eigenvalue weighted by Gasteiger charge is -2.22. The number of non-ortho nitro benzene ring substituents is 1. The van der Waals surface area contributed by atoms with E-state index in [0.29, 0.717) is 12.6 Å². The van der Waals surface area contributed by atoms with Gasteiger partial charge in [0.05, 0.1) is 22.2 Å². The summed E-state index contributed by atoms with van der Waals surface area (Å²) in [5.41, 5.74) is 0.470. The van der Waals surface area contributed by atoms with E-state index < -0.39 is 40.0 Å². The quantitative estimate of drug-likeness (QED) is 0.211. The molecule has 1 heterocycles. The fraction of sp³-hybridized carbons (Fsp3) is 0.192. The van der Waals surface area contributed by atoms with Gasteiger partial charge >= 0.3 is 6.18 Å². The molecule has 186 valence electrons. The minimum atomic E-state index is -4.88. The number of H-pyrrole nitrogens is 1. The molecule has 0 aliphatic heterocycles. The topological polar surface area (TPSA) is 100 Å². The van der Waals surface area contributed by atoms with Gasteiger partial charge in [-0.15, -0.1) is 0 Å². The van der Waals surface area contributed by atoms with Crippen LogP contribution in [0.2, 0.25) is 0 Å². The highest BCUT2D eigenvalue weighted by molar-refractivity contribution is 5.95. The van der Waals surface area contributed by atoms with Gasteiger partial charge in [0, 0.05) is 41.7 Å². The second kappa shape index (κ2) is 10.2. The predicted molar refractivity (Wildman–Crippen MR) is 131 cm³/mol. The largest absolute Gasteiger partial charge is 0.418 e. The Kier molecular flexibility index (Phi) is 7.07. The van der Waals surface area contributed by atoms with Crippen LogP contribution in [-0.4, -0.2) is 28.4 Å². The Hall–Kier alpha value is -4.18. The highest BCUT2D eigenvalue weighted by Gasteiger charge is 2.36. The molecule has 0 aliphatic carbocycles. The molecule has 0 aliphatic rings. The van der Waals surface area contributed by atoms with Gasteiger partial charge in [0.15, 0.2) is 0 Å². The van der Waals surface area contributed by atoms with Crippen LogP contribution in [0.4, 0.5) is 24.5 Å². The van der Waals surface area contributed by atoms with Crippen molar-refractivity contribution in [3.8, 4) is 0 Å². The first-order chi connectivity index (χ1) is 17.1. The number of rotatable bonds is 8. The molecule has 1 amide bonds. The maximum Gasteiger partial charge on any atom is 0.418 e. The Morgan fingerprint density at radius 2 is 1.75 bits per heavy atom. The molecule has 0 bridgehead atoms. The number of aromatic amines is 1. The van der Waals surface area contributed by atoms with Crippen molar-refractivity contribution in [1.82, 2.24) is 10.3 Å². The van der Waals surface area contributed by atoms with Crippen LogP contribution >= 0.6 is 0 Å². The zero-order valence-corrected chi connectivity index (χ0v) is 19.2. The number of halogens is 3. The van der Waals surface area contributed by atoms with E-state index in [1.807, 2.05) is 60.8 Å². The Morgan fingerprint density at radius 3 is 2.44 bits per heavy atom. The van der Waals surface area contributed by atoms with Gasteiger partial charge in [-0.3, -0.25) is 14.9 Å². The molecule has 2 atom stereocenters. The standard InChI is InChI=1S/C26H23F3N4O3/c1-16(25(34)32-24-12-11-18(33(35)36)13-22(24)26(27,28)29)30-14-20(17-7-3-2-4-8-17)21-15-31-23-10-6-5-9-19(21)23/h2-13,15-16,20,30-31H,14H2,1H3,(H,32,34). The fourth-order valence-corrected chi connectivity index (χ4v) is 4.09. The Balaban J connectivity index is 1.54. The molecule has 4 aromatic rings. The zero-order valence-electron chi connectivity index (χ0n) is 19.2. The molecule has 0 spiro atoms. The number of nitro groups is 1. The summed E-state index contributed by atoms with van der Waals surface area (Å²) >= 11 is 0. The van der Waals surface area contributed by atoms with Crippen LogP contribution in [0.25, 0.3) is 10.9 Å². The second-order valence-corrected chi connectivity index (χ2v) is 8.36. The minimum Gasteiger partial charge on any atom is -0.361 e. The first-order valence-corrected chi connectivity index (χ1v) is 11.2. The summed E-state index contributed by atoms with van der Waals surface area (Å²) < 4.78 is 40.4. The van der Waals surface area contributed by atoms with Gasteiger partial charge in [0.25, 0.3) is 5.69 Å². The minimum absolute atomic E-state index is 0.136. The number of fused-ring (bicyclic) bond motifs is 1. The number of nitrogens with zero attached hydrogens (tertiary/aromatic N) is 1. The van der Waals surface area contributed by atoms with Crippen molar-refractivity contribution in [3.05, 3.63) is 106 Å². The maximum absolute atomic E-state index is 13.5. The van der Waals surface area contributed by atoms with Crippen LogP contribution in [0.5, 0.6) is 0 Å². The van der Waals surface area contributed by atoms with Crippen molar-refractivity contribution in [1.29, 1.82) is 0 Å². The third-order valence-electron chi connectivity index (χ3n) is 6.00. The summed E-state index contributed by atoms with van der Waals surface area (Å²) in [5, 5.41) is 17.3. The Morgan fingerprint density at radius 1 is 1.06 bits per heavy atom. The summed E-state index contributed by atoms with van der Waals surface area (Å²) in [4.78, 5) is 26.0. The van der Waals surface area contributed by atoms with Gasteiger partial charge in [-0.2, -0.15) is 13.2 Å². The van der Waals surface area contributed by atoms with E-state index in [-0.39, 0.29) is 5.92 Å². The lowest BCUT2D eigenvalue weighted by atomic mass is 9.90. The number of anilines is 1. The molecule has 0 saturated heterocycles. The SMILES string of the molecule is CC(NCC(c1ccccc1)c1c[nH]c2ccccc12)C(=O)Nc1ccc([N+](=O)[O-])cc1C(F)(F)F. The van der Waals surface area contributed by atoms with Gasteiger partial charge in [0.1, 0.15) is 0 Å². The number of hydrogen-bond acceptors (Lipinski definition) is 4. The number of amides is 1. The number of nitro benzene ring substituents is 1. The van der Waals surface area contributed by atoms with E-state index in [0.717, 1.165) is 34.2 Å². The Labute approximate surface area is 204 Å². The van der Waals surface area contributed by atoms with Crippen molar-refractivity contribution in [3.63, 3.8) is 0 Å². The molecule has 3 aromatic carbocycles. The molecule has 36 heavy (non-hydrogen) atoms. The monoisotopic (exact) mass is 496 g/mol. The Bertz CT molecular complexity index is 1390. The van der Waals surface area contributed by atoms with E-state index in [4.69, 9.17) is 0 Å². The molecule has 2 unspecified atom stereocenters. The molecule has 3 N–H and O–H groups in total. The molecule has 7 nitrogen and oxygen atoms in total. The van der Waals surface area contributed by atoms with Gasteiger partial charge in [-0.25, -0.2) is 0 Å². The summed E-state index contributed by atoms with van der Waals surface area (Å²) in [6.07, 6.45) is -2.96. The molecule has 0 fully saturated rings. The van der Waals surface area contributed by atoms with Crippen LogP contribution in [0.15, 0.2) is 79.0 Å². The van der Waals surface area contributed by atoms with Crippen LogP contribution in [0.1, 0.15) is 29.5 Å². The predicted octanol–water partition coefficient (Wildman–Crippen LogP) is 5.84. The van der Waals surface area contributed by atoms with E-state index in [9.17, 15) is 28.1 Å². The molecular formula is C26H23F3N4O3. The normalized spacial score (nSPS) is 13.3. The van der Waals surface area contributed by atoms with Gasteiger partial charge in [0.2, 0.25) is 5.91 Å². The average molecular weight is 496 g/mol. The van der Waals surface area contributed by atoms with Gasteiger partial charge in [-0.05, 0) is 30.2 Å². The number of alkyl halides is 3. The maximum atomic E-state index is 13.5. The number of hydrogen-bond donors (Lipinski definition) is 3. The van der Waals surface area contributed by atoms with Crippen LogP contribution in [0.3, 0.4) is 0 Å². The van der Waals surface area contributed by atoms with E-state index in [2.05, 4.69) is 15.6 Å². The van der Waals surface area contributed by atoms with Gasteiger partial charge in [-0.1, -0.05) is 48.5 Å². The van der Waals surface area contributed by atoms with Crippen molar-refractivity contribution >= 4 is 28.2 Å². The number of benzene rings is 3. The molecule has 1 aromatic heterocycles.